The van der Waals surface area contributed by atoms with E-state index in [9.17, 15) is 0 Å². The molecule has 2 aromatic carbocycles. The molecule has 0 heterocycles. The monoisotopic (exact) mass is 561 g/mol. The van der Waals surface area contributed by atoms with Crippen LogP contribution in [0.2, 0.25) is 0 Å². The van der Waals surface area contributed by atoms with E-state index in [2.05, 4.69) is 121 Å². The van der Waals surface area contributed by atoms with Gasteiger partial charge in [-0.3, -0.25) is 0 Å². The van der Waals surface area contributed by atoms with Crippen molar-refractivity contribution >= 4 is 0 Å². The minimum absolute atomic E-state index is 0.0497. The average molecular weight is 562 g/mol. The predicted octanol–water partition coefficient (Wildman–Crippen LogP) is 6.28. The molecule has 0 radical (unpaired) electrons. The normalized spacial score (nSPS) is 13.5. The Morgan fingerprint density at radius 2 is 0.667 bits per heavy atom. The summed E-state index contributed by atoms with van der Waals surface area (Å²) in [7, 11) is 0. The molecule has 184 valence electrons. The molecule has 0 fully saturated rings. The van der Waals surface area contributed by atoms with Crippen molar-refractivity contribution in [2.24, 2.45) is 0 Å². The van der Waals surface area contributed by atoms with Crippen molar-refractivity contribution in [2.45, 2.75) is 127 Å². The molecule has 0 aliphatic rings. The summed E-state index contributed by atoms with van der Waals surface area (Å²) in [5.41, 5.74) is 12.9. The third kappa shape index (κ3) is 7.09. The molecule has 33 heavy (non-hydrogen) atoms. The SMILES string of the molecule is Cc1c(C(C)(C)C)cc(C[I+]Cc2cc(C(C)(C)C)c(C)c(C(C)(C)C)c2)cc1C(C)(C)C. The summed E-state index contributed by atoms with van der Waals surface area (Å²) in [6.45, 7) is 32.9. The molecule has 2 rings (SSSR count). The number of alkyl halides is 2. The second-order valence-corrected chi connectivity index (χ2v) is 16.7. The van der Waals surface area contributed by atoms with Crippen LogP contribution in [-0.4, -0.2) is 0 Å². The van der Waals surface area contributed by atoms with Crippen molar-refractivity contribution in [3.05, 3.63) is 68.8 Å². The number of hydrogen-bond donors (Lipinski definition) is 0. The lowest BCUT2D eigenvalue weighted by Crippen LogP contribution is -3.61. The molecule has 0 bridgehead atoms. The molecular weight excluding hydrogens is 511 g/mol. The first kappa shape index (κ1) is 28.4. The number of hydrogen-bond acceptors (Lipinski definition) is 0. The predicted molar refractivity (Wildman–Crippen MR) is 145 cm³/mol. The van der Waals surface area contributed by atoms with E-state index in [0.29, 0.717) is 0 Å². The largest absolute Gasteiger partial charge is 0.278 e. The van der Waals surface area contributed by atoms with Crippen LogP contribution in [0.5, 0.6) is 0 Å². The van der Waals surface area contributed by atoms with E-state index < -0.39 is 0 Å². The summed E-state index contributed by atoms with van der Waals surface area (Å²) in [4.78, 5) is 0. The maximum Gasteiger partial charge on any atom is 0.278 e. The van der Waals surface area contributed by atoms with Crippen LogP contribution in [-0.2, 0) is 30.5 Å². The van der Waals surface area contributed by atoms with Gasteiger partial charge in [-0.1, -0.05) is 107 Å². The highest BCUT2D eigenvalue weighted by Crippen LogP contribution is 2.35. The van der Waals surface area contributed by atoms with Crippen molar-refractivity contribution in [3.63, 3.8) is 0 Å². The Labute approximate surface area is 216 Å². The first-order valence-electron chi connectivity index (χ1n) is 12.6. The number of halogens is 1. The average Bonchev–Trinajstić information content (AvgIpc) is 2.60. The summed E-state index contributed by atoms with van der Waals surface area (Å²) in [5.74, 6) is 0. The molecule has 0 nitrogen and oxygen atoms in total. The maximum atomic E-state index is 2.51. The van der Waals surface area contributed by atoms with Gasteiger partial charge in [-0.05, 0) is 68.9 Å². The molecule has 0 spiro atoms. The van der Waals surface area contributed by atoms with Crippen LogP contribution in [0.4, 0.5) is 0 Å². The Balaban J connectivity index is 2.39. The van der Waals surface area contributed by atoms with E-state index in [4.69, 9.17) is 0 Å². The molecule has 2 aromatic rings. The van der Waals surface area contributed by atoms with Gasteiger partial charge in [-0.15, -0.1) is 0 Å². The van der Waals surface area contributed by atoms with Crippen molar-refractivity contribution in [2.75, 3.05) is 0 Å². The van der Waals surface area contributed by atoms with Gasteiger partial charge in [-0.2, -0.15) is 0 Å². The summed E-state index contributed by atoms with van der Waals surface area (Å²) in [6, 6.07) is 10.1. The first-order chi connectivity index (χ1) is 14.7. The van der Waals surface area contributed by atoms with E-state index in [1.165, 1.54) is 42.2 Å². The van der Waals surface area contributed by atoms with Crippen molar-refractivity contribution in [3.8, 4) is 0 Å². The molecule has 0 atom stereocenters. The van der Waals surface area contributed by atoms with Crippen LogP contribution < -0.4 is 21.2 Å². The highest BCUT2D eigenvalue weighted by Gasteiger charge is 2.27. The van der Waals surface area contributed by atoms with E-state index >= 15 is 0 Å². The van der Waals surface area contributed by atoms with Gasteiger partial charge < -0.3 is 0 Å². The summed E-state index contributed by atoms with van der Waals surface area (Å²) in [6.07, 6.45) is 0. The third-order valence-electron chi connectivity index (χ3n) is 6.66. The topological polar surface area (TPSA) is 0 Å². The second-order valence-electron chi connectivity index (χ2n) is 14.1. The Morgan fingerprint density at radius 1 is 0.455 bits per heavy atom. The maximum absolute atomic E-state index is 2.51. The van der Waals surface area contributed by atoms with Gasteiger partial charge in [0, 0.05) is 11.1 Å². The molecule has 0 unspecified atom stereocenters. The van der Waals surface area contributed by atoms with Gasteiger partial charge in [0.15, 0.2) is 8.86 Å². The fraction of sp³-hybridized carbons (Fsp3) is 0.625. The van der Waals surface area contributed by atoms with E-state index in [1.807, 2.05) is 0 Å². The second kappa shape index (κ2) is 9.67. The Kier molecular flexibility index (Phi) is 8.32. The zero-order valence-corrected chi connectivity index (χ0v) is 26.3. The van der Waals surface area contributed by atoms with Gasteiger partial charge in [0.1, 0.15) is 0 Å². The molecule has 0 saturated carbocycles. The molecule has 0 N–H and O–H groups in total. The van der Waals surface area contributed by atoms with Crippen LogP contribution in [0, 0.1) is 13.8 Å². The van der Waals surface area contributed by atoms with Crippen LogP contribution >= 0.6 is 0 Å². The highest BCUT2D eigenvalue weighted by molar-refractivity contribution is 5.46. The minimum Gasteiger partial charge on any atom is -0.0561 e. The zero-order valence-electron chi connectivity index (χ0n) is 24.1. The molecule has 0 aliphatic heterocycles. The van der Waals surface area contributed by atoms with Gasteiger partial charge in [0.2, 0.25) is 0 Å². The van der Waals surface area contributed by atoms with Gasteiger partial charge in [-0.25, -0.2) is 0 Å². The summed E-state index contributed by atoms with van der Waals surface area (Å²) in [5, 5.41) is 0. The summed E-state index contributed by atoms with van der Waals surface area (Å²) >= 11 is 0.0497. The molecule has 0 aromatic heterocycles. The van der Waals surface area contributed by atoms with Crippen LogP contribution in [0.1, 0.15) is 128 Å². The molecule has 1 heteroatoms. The number of benzene rings is 2. The minimum atomic E-state index is 0.0497. The van der Waals surface area contributed by atoms with Crippen LogP contribution in [0.15, 0.2) is 24.3 Å². The van der Waals surface area contributed by atoms with Gasteiger partial charge >= 0.3 is 0 Å². The quantitative estimate of drug-likeness (QED) is 0.305. The molecule has 0 saturated heterocycles. The zero-order chi connectivity index (χ0) is 25.6. The van der Waals surface area contributed by atoms with Crippen LogP contribution in [0.3, 0.4) is 0 Å². The highest BCUT2D eigenvalue weighted by atomic mass is 127. The third-order valence-corrected chi connectivity index (χ3v) is 9.50. The van der Waals surface area contributed by atoms with Crippen LogP contribution in [0.25, 0.3) is 0 Å². The Morgan fingerprint density at radius 3 is 0.848 bits per heavy atom. The lowest BCUT2D eigenvalue weighted by molar-refractivity contribution is -0.686. The lowest BCUT2D eigenvalue weighted by atomic mass is 9.76. The van der Waals surface area contributed by atoms with Gasteiger partial charge in [0.05, 0.1) is 0 Å². The Bertz CT molecular complexity index is 828. The fourth-order valence-corrected chi connectivity index (χ4v) is 7.48. The molecular formula is C32H50I+. The fourth-order valence-electron chi connectivity index (χ4n) is 5.08. The van der Waals surface area contributed by atoms with Crippen molar-refractivity contribution < 1.29 is 21.2 Å². The molecule has 0 amide bonds. The lowest BCUT2D eigenvalue weighted by Gasteiger charge is -2.29. The summed E-state index contributed by atoms with van der Waals surface area (Å²) < 4.78 is 2.49. The first-order valence-corrected chi connectivity index (χ1v) is 15.6. The van der Waals surface area contributed by atoms with E-state index in [0.717, 1.165) is 0 Å². The standard InChI is InChI=1S/C32H50I/c1-21-25(29(3,4)5)15-23(16-26(21)30(6,7)8)19-33-20-24-17-27(31(9,10)11)22(2)28(18-24)32(12,13)14/h15-18H,19-20H2,1-14H3/q+1. The number of rotatable bonds is 4. The van der Waals surface area contributed by atoms with Gasteiger partial charge in [0.25, 0.3) is 21.2 Å². The van der Waals surface area contributed by atoms with Crippen molar-refractivity contribution in [1.82, 2.24) is 0 Å². The van der Waals surface area contributed by atoms with E-state index in [-0.39, 0.29) is 42.9 Å². The molecule has 0 aliphatic carbocycles. The van der Waals surface area contributed by atoms with Crippen molar-refractivity contribution in [1.29, 1.82) is 0 Å². The Hall–Kier alpha value is -0.830. The van der Waals surface area contributed by atoms with E-state index in [1.54, 1.807) is 11.1 Å². The smallest absolute Gasteiger partial charge is 0.0561 e.